The third-order valence-electron chi connectivity index (χ3n) is 9.26. The number of esters is 3. The molecule has 6 heteroatoms. The highest BCUT2D eigenvalue weighted by molar-refractivity contribution is 5.72. The highest BCUT2D eigenvalue weighted by atomic mass is 16.6. The van der Waals surface area contributed by atoms with Gasteiger partial charge < -0.3 is 14.2 Å². The second-order valence-electron chi connectivity index (χ2n) is 15.0. The largest absolute Gasteiger partial charge is 0.462 e. The maximum absolute atomic E-state index is 12.7. The Labute approximate surface area is 373 Å². The van der Waals surface area contributed by atoms with Gasteiger partial charge in [0.2, 0.25) is 0 Å². The van der Waals surface area contributed by atoms with Gasteiger partial charge in [-0.3, -0.25) is 14.4 Å². The first-order chi connectivity index (χ1) is 30.0. The van der Waals surface area contributed by atoms with Gasteiger partial charge in [-0.25, -0.2) is 0 Å². The third-order valence-corrected chi connectivity index (χ3v) is 9.26. The summed E-state index contributed by atoms with van der Waals surface area (Å²) in [6, 6.07) is 0. The van der Waals surface area contributed by atoms with Crippen LogP contribution in [0.25, 0.3) is 0 Å². The maximum atomic E-state index is 12.7. The van der Waals surface area contributed by atoms with E-state index >= 15 is 0 Å². The van der Waals surface area contributed by atoms with Crippen molar-refractivity contribution in [2.75, 3.05) is 13.2 Å². The molecule has 0 aromatic carbocycles. The maximum Gasteiger partial charge on any atom is 0.309 e. The van der Waals surface area contributed by atoms with Gasteiger partial charge in [0.15, 0.2) is 6.10 Å². The van der Waals surface area contributed by atoms with Crippen LogP contribution in [0.1, 0.15) is 175 Å². The molecule has 0 bridgehead atoms. The lowest BCUT2D eigenvalue weighted by Crippen LogP contribution is -2.30. The lowest BCUT2D eigenvalue weighted by molar-refractivity contribution is -0.166. The van der Waals surface area contributed by atoms with E-state index in [4.69, 9.17) is 14.2 Å². The second-order valence-corrected chi connectivity index (χ2v) is 15.0. The Morgan fingerprint density at radius 1 is 0.361 bits per heavy atom. The fraction of sp³-hybridized carbons (Fsp3) is 0.545. The summed E-state index contributed by atoms with van der Waals surface area (Å²) in [6.07, 6.45) is 67.5. The van der Waals surface area contributed by atoms with E-state index in [1.165, 1.54) is 12.8 Å². The normalized spacial score (nSPS) is 13.3. The van der Waals surface area contributed by atoms with E-state index in [0.29, 0.717) is 6.42 Å². The number of rotatable bonds is 40. The SMILES string of the molecule is CC\C=C/C=C\C=C/C=C\CCCCCCCC(=O)OC(COC(=O)C/C=C\C/C=C\C/C=C\CC)COC(=O)CCCCCCCC/C=C\C/C=C\C/C=C\C/C=C\CC. The Balaban J connectivity index is 4.48. The molecule has 0 aromatic rings. The monoisotopic (exact) mass is 841 g/mol. The predicted octanol–water partition coefficient (Wildman–Crippen LogP) is 15.5. The van der Waals surface area contributed by atoms with Gasteiger partial charge in [-0.2, -0.15) is 0 Å². The van der Waals surface area contributed by atoms with Crippen LogP contribution in [0.15, 0.2) is 134 Å². The highest BCUT2D eigenvalue weighted by Gasteiger charge is 2.19. The van der Waals surface area contributed by atoms with Gasteiger partial charge in [0, 0.05) is 12.8 Å². The van der Waals surface area contributed by atoms with Crippen LogP contribution in [-0.4, -0.2) is 37.2 Å². The zero-order valence-electron chi connectivity index (χ0n) is 38.6. The lowest BCUT2D eigenvalue weighted by Gasteiger charge is -2.18. The smallest absolute Gasteiger partial charge is 0.309 e. The molecule has 0 radical (unpaired) electrons. The number of hydrogen-bond acceptors (Lipinski definition) is 6. The highest BCUT2D eigenvalue weighted by Crippen LogP contribution is 2.12. The molecule has 0 saturated carbocycles. The van der Waals surface area contributed by atoms with Crippen LogP contribution in [-0.2, 0) is 28.6 Å². The van der Waals surface area contributed by atoms with Crippen LogP contribution in [0, 0.1) is 0 Å². The average Bonchev–Trinajstić information content (AvgIpc) is 3.26. The average molecular weight is 841 g/mol. The van der Waals surface area contributed by atoms with Crippen LogP contribution >= 0.6 is 0 Å². The topological polar surface area (TPSA) is 78.9 Å². The fourth-order valence-corrected chi connectivity index (χ4v) is 5.80. The first kappa shape index (κ1) is 56.5. The van der Waals surface area contributed by atoms with Crippen LogP contribution in [0.2, 0.25) is 0 Å². The van der Waals surface area contributed by atoms with Gasteiger partial charge in [-0.15, -0.1) is 0 Å². The molecule has 0 fully saturated rings. The number of allylic oxidation sites excluding steroid dienone is 21. The van der Waals surface area contributed by atoms with Crippen molar-refractivity contribution in [1.29, 1.82) is 0 Å². The minimum Gasteiger partial charge on any atom is -0.462 e. The van der Waals surface area contributed by atoms with Crippen molar-refractivity contribution in [2.45, 2.75) is 181 Å². The summed E-state index contributed by atoms with van der Waals surface area (Å²) < 4.78 is 16.6. The van der Waals surface area contributed by atoms with Gasteiger partial charge in [0.05, 0.1) is 6.42 Å². The second kappa shape index (κ2) is 48.2. The summed E-state index contributed by atoms with van der Waals surface area (Å²) in [5.74, 6) is -1.11. The number of carbonyl (C=O) groups excluding carboxylic acids is 3. The van der Waals surface area contributed by atoms with Crippen molar-refractivity contribution < 1.29 is 28.6 Å². The summed E-state index contributed by atoms with van der Waals surface area (Å²) in [5.41, 5.74) is 0. The fourth-order valence-electron chi connectivity index (χ4n) is 5.80. The Morgan fingerprint density at radius 3 is 1.26 bits per heavy atom. The molecule has 0 rings (SSSR count). The molecule has 6 nitrogen and oxygen atoms in total. The molecule has 1 unspecified atom stereocenters. The van der Waals surface area contributed by atoms with Crippen molar-refractivity contribution in [2.24, 2.45) is 0 Å². The van der Waals surface area contributed by atoms with Crippen LogP contribution in [0.4, 0.5) is 0 Å². The van der Waals surface area contributed by atoms with Crippen molar-refractivity contribution in [3.63, 3.8) is 0 Å². The molecule has 340 valence electrons. The van der Waals surface area contributed by atoms with Gasteiger partial charge in [-0.05, 0) is 89.9 Å². The standard InChI is InChI=1S/C55H84O6/c1-4-7-10-13-16-19-21-23-25-26-27-28-30-31-33-36-39-42-45-48-54(57)60-51-52(50-59-53(56)47-44-41-38-35-18-15-12-9-6-3)61-55(58)49-46-43-40-37-34-32-29-24-22-20-17-14-11-8-5-2/h7-12,14,16-20,22-25,27-29,35,41,44,52H,4-6,13,15,21,26,30-34,36-40,42-43,45-51H2,1-3H3/b10-7-,11-8-,12-9-,17-14-,19-16-,22-20-,25-23-,28-27-,29-24-,35-18-,44-41-. The predicted molar refractivity (Wildman–Crippen MR) is 260 cm³/mol. The van der Waals surface area contributed by atoms with E-state index in [-0.39, 0.29) is 38.0 Å². The summed E-state index contributed by atoms with van der Waals surface area (Å²) in [7, 11) is 0. The van der Waals surface area contributed by atoms with Crippen molar-refractivity contribution in [1.82, 2.24) is 0 Å². The quantitative estimate of drug-likeness (QED) is 0.0201. The van der Waals surface area contributed by atoms with Crippen molar-refractivity contribution in [3.05, 3.63) is 134 Å². The minimum absolute atomic E-state index is 0.120. The molecule has 0 N–H and O–H groups in total. The van der Waals surface area contributed by atoms with Crippen molar-refractivity contribution in [3.8, 4) is 0 Å². The molecule has 1 atom stereocenters. The van der Waals surface area contributed by atoms with E-state index in [1.54, 1.807) is 6.08 Å². The van der Waals surface area contributed by atoms with Crippen molar-refractivity contribution >= 4 is 17.9 Å². The molecule has 0 heterocycles. The summed E-state index contributed by atoms with van der Waals surface area (Å²) in [5, 5.41) is 0. The first-order valence-electron chi connectivity index (χ1n) is 23.7. The molecule has 0 spiro atoms. The zero-order chi connectivity index (χ0) is 44.4. The van der Waals surface area contributed by atoms with Gasteiger partial charge in [0.25, 0.3) is 0 Å². The van der Waals surface area contributed by atoms with E-state index < -0.39 is 12.1 Å². The number of carbonyl (C=O) groups is 3. The molecule has 0 aliphatic heterocycles. The number of ether oxygens (including phenoxy) is 3. The summed E-state index contributed by atoms with van der Waals surface area (Å²) >= 11 is 0. The summed E-state index contributed by atoms with van der Waals surface area (Å²) in [6.45, 7) is 6.10. The molecule has 0 aliphatic carbocycles. The van der Waals surface area contributed by atoms with E-state index in [1.807, 2.05) is 30.4 Å². The molecule has 0 amide bonds. The van der Waals surface area contributed by atoms with Crippen LogP contribution < -0.4 is 0 Å². The zero-order valence-corrected chi connectivity index (χ0v) is 38.6. The Bertz CT molecular complexity index is 1380. The van der Waals surface area contributed by atoms with Crippen LogP contribution in [0.5, 0.6) is 0 Å². The van der Waals surface area contributed by atoms with E-state index in [9.17, 15) is 14.4 Å². The molecule has 0 aliphatic rings. The van der Waals surface area contributed by atoms with Gasteiger partial charge in [-0.1, -0.05) is 199 Å². The van der Waals surface area contributed by atoms with Crippen LogP contribution in [0.3, 0.4) is 0 Å². The summed E-state index contributed by atoms with van der Waals surface area (Å²) in [4.78, 5) is 37.7. The first-order valence-corrected chi connectivity index (χ1v) is 23.7. The van der Waals surface area contributed by atoms with Gasteiger partial charge in [0.1, 0.15) is 13.2 Å². The molecule has 61 heavy (non-hydrogen) atoms. The number of hydrogen-bond donors (Lipinski definition) is 0. The number of unbranched alkanes of at least 4 members (excludes halogenated alkanes) is 11. The molecular formula is C55H84O6. The molecular weight excluding hydrogens is 757 g/mol. The lowest BCUT2D eigenvalue weighted by atomic mass is 10.1. The Morgan fingerprint density at radius 2 is 0.738 bits per heavy atom. The third kappa shape index (κ3) is 46.5. The Hall–Kier alpha value is -4.45. The molecule has 0 aromatic heterocycles. The van der Waals surface area contributed by atoms with Gasteiger partial charge >= 0.3 is 17.9 Å². The minimum atomic E-state index is -0.835. The van der Waals surface area contributed by atoms with E-state index in [0.717, 1.165) is 122 Å². The molecule has 0 saturated heterocycles. The van der Waals surface area contributed by atoms with E-state index in [2.05, 4.69) is 118 Å². The Kier molecular flexibility index (Phi) is 44.7.